The van der Waals surface area contributed by atoms with Crippen molar-refractivity contribution >= 4 is 37.5 Å². The molecule has 0 spiro atoms. The minimum atomic E-state index is 0.193. The Labute approximate surface area is 139 Å². The normalized spacial score (nSPS) is 11.3. The van der Waals surface area contributed by atoms with Crippen LogP contribution in [0.1, 0.15) is 51.0 Å². The highest BCUT2D eigenvalue weighted by molar-refractivity contribution is 9.09. The fourth-order valence-electron chi connectivity index (χ4n) is 2.58. The van der Waals surface area contributed by atoms with Crippen LogP contribution in [0.2, 0.25) is 0 Å². The third-order valence-corrected chi connectivity index (χ3v) is 5.32. The molecule has 0 aliphatic rings. The van der Waals surface area contributed by atoms with Crippen molar-refractivity contribution in [2.75, 3.05) is 5.33 Å². The molecule has 4 heteroatoms. The number of halogens is 1. The summed E-state index contributed by atoms with van der Waals surface area (Å²) in [4.78, 5) is 12.4. The highest BCUT2D eigenvalue weighted by atomic mass is 79.9. The van der Waals surface area contributed by atoms with Crippen LogP contribution in [0.4, 0.5) is 0 Å². The van der Waals surface area contributed by atoms with E-state index in [0.717, 1.165) is 34.9 Å². The number of rotatable bonds is 9. The zero-order valence-corrected chi connectivity index (χ0v) is 15.1. The van der Waals surface area contributed by atoms with Crippen molar-refractivity contribution in [2.45, 2.75) is 58.4 Å². The number of benzene rings is 1. The van der Waals surface area contributed by atoms with Crippen LogP contribution in [0.25, 0.3) is 10.2 Å². The SMILES string of the molecule is CCCCc1ccc2c(c1)sc(=O)n2CCCCCCBr. The second-order valence-electron chi connectivity index (χ2n) is 5.53. The molecule has 2 nitrogen and oxygen atoms in total. The van der Waals surface area contributed by atoms with Gasteiger partial charge in [0.15, 0.2) is 0 Å². The Morgan fingerprint density at radius 1 is 1.14 bits per heavy atom. The molecule has 0 amide bonds. The molecule has 0 N–H and O–H groups in total. The van der Waals surface area contributed by atoms with Gasteiger partial charge in [0.2, 0.25) is 0 Å². The Morgan fingerprint density at radius 2 is 1.95 bits per heavy atom. The predicted octanol–water partition coefficient (Wildman–Crippen LogP) is 5.36. The molecule has 1 aromatic carbocycles. The van der Waals surface area contributed by atoms with E-state index in [1.807, 2.05) is 4.57 Å². The smallest absolute Gasteiger partial charge is 0.299 e. The summed E-state index contributed by atoms with van der Waals surface area (Å²) in [7, 11) is 0. The first-order valence-corrected chi connectivity index (χ1v) is 9.88. The summed E-state index contributed by atoms with van der Waals surface area (Å²) >= 11 is 4.85. The summed E-state index contributed by atoms with van der Waals surface area (Å²) in [5, 5.41) is 1.08. The third-order valence-electron chi connectivity index (χ3n) is 3.82. The number of hydrogen-bond donors (Lipinski definition) is 0. The minimum absolute atomic E-state index is 0.193. The van der Waals surface area contributed by atoms with Crippen molar-refractivity contribution in [3.05, 3.63) is 33.4 Å². The Balaban J connectivity index is 2.06. The van der Waals surface area contributed by atoms with Crippen molar-refractivity contribution in [2.24, 2.45) is 0 Å². The lowest BCUT2D eigenvalue weighted by atomic mass is 10.1. The molecule has 2 rings (SSSR count). The maximum atomic E-state index is 12.2. The molecule has 0 aliphatic carbocycles. The largest absolute Gasteiger partial charge is 0.308 e. The second-order valence-corrected chi connectivity index (χ2v) is 7.31. The lowest BCUT2D eigenvalue weighted by Crippen LogP contribution is -2.12. The zero-order valence-electron chi connectivity index (χ0n) is 12.7. The summed E-state index contributed by atoms with van der Waals surface area (Å²) in [6.07, 6.45) is 8.30. The van der Waals surface area contributed by atoms with Gasteiger partial charge >= 0.3 is 4.87 Å². The Kier molecular flexibility index (Phi) is 6.97. The summed E-state index contributed by atoms with van der Waals surface area (Å²) in [5.41, 5.74) is 2.47. The van der Waals surface area contributed by atoms with E-state index in [1.54, 1.807) is 0 Å². The topological polar surface area (TPSA) is 22.0 Å². The van der Waals surface area contributed by atoms with Crippen molar-refractivity contribution in [3.8, 4) is 0 Å². The molecule has 0 saturated carbocycles. The maximum Gasteiger partial charge on any atom is 0.308 e. The number of thiazole rings is 1. The van der Waals surface area contributed by atoms with Crippen molar-refractivity contribution in [3.63, 3.8) is 0 Å². The molecule has 0 radical (unpaired) electrons. The number of alkyl halides is 1. The van der Waals surface area contributed by atoms with E-state index in [4.69, 9.17) is 0 Å². The van der Waals surface area contributed by atoms with Crippen LogP contribution >= 0.6 is 27.3 Å². The molecule has 0 atom stereocenters. The third kappa shape index (κ3) is 4.68. The monoisotopic (exact) mass is 369 g/mol. The summed E-state index contributed by atoms with van der Waals surface area (Å²) in [6.45, 7) is 3.07. The van der Waals surface area contributed by atoms with E-state index in [-0.39, 0.29) is 4.87 Å². The van der Waals surface area contributed by atoms with E-state index in [9.17, 15) is 4.79 Å². The Bertz CT molecular complexity index is 617. The van der Waals surface area contributed by atoms with Crippen molar-refractivity contribution in [1.29, 1.82) is 0 Å². The van der Waals surface area contributed by atoms with Gasteiger partial charge in [-0.1, -0.05) is 59.5 Å². The van der Waals surface area contributed by atoms with Gasteiger partial charge in [-0.3, -0.25) is 9.36 Å². The van der Waals surface area contributed by atoms with E-state index in [0.29, 0.717) is 0 Å². The minimum Gasteiger partial charge on any atom is -0.299 e. The first-order chi connectivity index (χ1) is 10.3. The number of nitrogens with zero attached hydrogens (tertiary/aromatic N) is 1. The first-order valence-electron chi connectivity index (χ1n) is 7.94. The molecule has 0 unspecified atom stereocenters. The number of unbranched alkanes of at least 4 members (excludes halogenated alkanes) is 4. The summed E-state index contributed by atoms with van der Waals surface area (Å²) in [5.74, 6) is 0. The van der Waals surface area contributed by atoms with Gasteiger partial charge in [-0.15, -0.1) is 0 Å². The molecular weight excluding hydrogens is 346 g/mol. The van der Waals surface area contributed by atoms with Gasteiger partial charge in [0.05, 0.1) is 10.2 Å². The van der Waals surface area contributed by atoms with Crippen LogP contribution in [-0.4, -0.2) is 9.90 Å². The second kappa shape index (κ2) is 8.74. The van der Waals surface area contributed by atoms with Gasteiger partial charge in [-0.05, 0) is 43.4 Å². The molecule has 0 saturated heterocycles. The lowest BCUT2D eigenvalue weighted by molar-refractivity contribution is 0.590. The van der Waals surface area contributed by atoms with Gasteiger partial charge in [0, 0.05) is 11.9 Å². The highest BCUT2D eigenvalue weighted by Crippen LogP contribution is 2.21. The maximum absolute atomic E-state index is 12.2. The fourth-order valence-corrected chi connectivity index (χ4v) is 3.95. The average Bonchev–Trinajstić information content (AvgIpc) is 2.80. The van der Waals surface area contributed by atoms with Crippen LogP contribution in [0.3, 0.4) is 0 Å². The molecule has 2 aromatic rings. The first kappa shape index (κ1) is 16.8. The number of hydrogen-bond acceptors (Lipinski definition) is 2. The van der Waals surface area contributed by atoms with Crippen LogP contribution in [-0.2, 0) is 13.0 Å². The van der Waals surface area contributed by atoms with Gasteiger partial charge < -0.3 is 0 Å². The summed E-state index contributed by atoms with van der Waals surface area (Å²) < 4.78 is 3.10. The van der Waals surface area contributed by atoms with Crippen molar-refractivity contribution in [1.82, 2.24) is 4.57 Å². The fraction of sp³-hybridized carbons (Fsp3) is 0.588. The number of aromatic nitrogens is 1. The zero-order chi connectivity index (χ0) is 15.1. The summed E-state index contributed by atoms with van der Waals surface area (Å²) in [6, 6.07) is 6.53. The van der Waals surface area contributed by atoms with E-state index in [2.05, 4.69) is 41.1 Å². The molecule has 0 fully saturated rings. The standard InChI is InChI=1S/C17H24BrNOS/c1-2-3-8-14-9-10-15-16(13-14)21-17(20)19(15)12-7-5-4-6-11-18/h9-10,13H,2-8,11-12H2,1H3. The lowest BCUT2D eigenvalue weighted by Gasteiger charge is -2.05. The molecule has 0 bridgehead atoms. The molecule has 1 heterocycles. The molecule has 1 aromatic heterocycles. The molecule has 21 heavy (non-hydrogen) atoms. The van der Waals surface area contributed by atoms with Gasteiger partial charge in [-0.25, -0.2) is 0 Å². The highest BCUT2D eigenvalue weighted by Gasteiger charge is 2.07. The van der Waals surface area contributed by atoms with Gasteiger partial charge in [0.25, 0.3) is 0 Å². The van der Waals surface area contributed by atoms with E-state index >= 15 is 0 Å². The van der Waals surface area contributed by atoms with E-state index < -0.39 is 0 Å². The Morgan fingerprint density at radius 3 is 2.71 bits per heavy atom. The van der Waals surface area contributed by atoms with Crippen LogP contribution in [0.15, 0.2) is 23.0 Å². The average molecular weight is 370 g/mol. The van der Waals surface area contributed by atoms with Crippen LogP contribution in [0, 0.1) is 0 Å². The van der Waals surface area contributed by atoms with Crippen LogP contribution < -0.4 is 4.87 Å². The number of fused-ring (bicyclic) bond motifs is 1. The van der Waals surface area contributed by atoms with Gasteiger partial charge in [-0.2, -0.15) is 0 Å². The number of aryl methyl sites for hydroxylation is 2. The molecular formula is C17H24BrNOS. The predicted molar refractivity (Wildman–Crippen MR) is 97.0 cm³/mol. The Hall–Kier alpha value is -0.610. The molecule has 116 valence electrons. The quantitative estimate of drug-likeness (QED) is 0.430. The van der Waals surface area contributed by atoms with Gasteiger partial charge in [0.1, 0.15) is 0 Å². The molecule has 0 aliphatic heterocycles. The van der Waals surface area contributed by atoms with Crippen LogP contribution in [0.5, 0.6) is 0 Å². The van der Waals surface area contributed by atoms with Crippen molar-refractivity contribution < 1.29 is 0 Å². The van der Waals surface area contributed by atoms with E-state index in [1.165, 1.54) is 49.0 Å².